The molecule has 6 heteroatoms. The number of hydrogen-bond acceptors (Lipinski definition) is 4. The van der Waals surface area contributed by atoms with E-state index in [9.17, 15) is 4.79 Å². The van der Waals surface area contributed by atoms with E-state index in [0.29, 0.717) is 29.2 Å². The Morgan fingerprint density at radius 2 is 2.00 bits per heavy atom. The van der Waals surface area contributed by atoms with Crippen molar-refractivity contribution in [3.8, 4) is 0 Å². The monoisotopic (exact) mass is 326 g/mol. The number of nitrogen functional groups attached to an aromatic ring is 1. The molecule has 5 nitrogen and oxygen atoms in total. The summed E-state index contributed by atoms with van der Waals surface area (Å²) in [4.78, 5) is 16.8. The Morgan fingerprint density at radius 3 is 2.78 bits per heavy atom. The van der Waals surface area contributed by atoms with E-state index < -0.39 is 0 Å². The average Bonchev–Trinajstić information content (AvgIpc) is 2.93. The van der Waals surface area contributed by atoms with E-state index in [2.05, 4.69) is 10.1 Å². The third kappa shape index (κ3) is 2.37. The van der Waals surface area contributed by atoms with Crippen molar-refractivity contribution >= 4 is 34.1 Å². The second-order valence-corrected chi connectivity index (χ2v) is 6.23. The zero-order chi connectivity index (χ0) is 16.0. The van der Waals surface area contributed by atoms with Crippen LogP contribution in [-0.2, 0) is 13.0 Å². The summed E-state index contributed by atoms with van der Waals surface area (Å²) >= 11 is 5.92. The molecule has 0 radical (unpaired) electrons. The average molecular weight is 327 g/mol. The molecule has 1 aliphatic carbocycles. The fraction of sp³-hybridized carbons (Fsp3) is 0.235. The van der Waals surface area contributed by atoms with Gasteiger partial charge < -0.3 is 5.73 Å². The van der Waals surface area contributed by atoms with E-state index in [4.69, 9.17) is 17.3 Å². The molecule has 0 aliphatic heterocycles. The molecule has 2 aromatic heterocycles. The lowest BCUT2D eigenvalue weighted by Gasteiger charge is -2.16. The van der Waals surface area contributed by atoms with Gasteiger partial charge in [-0.2, -0.15) is 5.10 Å². The van der Waals surface area contributed by atoms with Gasteiger partial charge in [0.05, 0.1) is 35.1 Å². The third-order valence-electron chi connectivity index (χ3n) is 4.24. The molecule has 0 fully saturated rings. The van der Waals surface area contributed by atoms with Crippen molar-refractivity contribution in [3.05, 3.63) is 52.3 Å². The maximum atomic E-state index is 12.1. The number of Topliss-reactive ketones (excluding diaryl/α,β-unsaturated/α-hetero) is 1. The van der Waals surface area contributed by atoms with Crippen molar-refractivity contribution in [2.24, 2.45) is 0 Å². The van der Waals surface area contributed by atoms with E-state index in [0.717, 1.165) is 35.1 Å². The van der Waals surface area contributed by atoms with Gasteiger partial charge in [-0.25, -0.2) is 9.67 Å². The number of benzene rings is 1. The van der Waals surface area contributed by atoms with Crippen LogP contribution in [0.3, 0.4) is 0 Å². The molecule has 0 atom stereocenters. The molecule has 2 heterocycles. The summed E-state index contributed by atoms with van der Waals surface area (Å²) in [7, 11) is 0. The molecule has 116 valence electrons. The topological polar surface area (TPSA) is 73.8 Å². The van der Waals surface area contributed by atoms with Crippen LogP contribution in [0.15, 0.2) is 30.5 Å². The summed E-state index contributed by atoms with van der Waals surface area (Å²) in [5.74, 6) is 0.0867. The molecule has 4 rings (SSSR count). The van der Waals surface area contributed by atoms with Gasteiger partial charge in [0.1, 0.15) is 0 Å². The maximum absolute atomic E-state index is 12.1. The van der Waals surface area contributed by atoms with Crippen LogP contribution in [0.2, 0.25) is 5.02 Å². The zero-order valence-electron chi connectivity index (χ0n) is 12.4. The van der Waals surface area contributed by atoms with Crippen molar-refractivity contribution < 1.29 is 4.79 Å². The quantitative estimate of drug-likeness (QED) is 0.784. The normalized spacial score (nSPS) is 14.2. The minimum Gasteiger partial charge on any atom is -0.397 e. The summed E-state index contributed by atoms with van der Waals surface area (Å²) < 4.78 is 1.81. The number of aromatic nitrogens is 3. The number of nitrogens with two attached hydrogens (primary N) is 1. The SMILES string of the molecule is Nc1c2c(nc3c1cnn3Cc1ccc(Cl)cc1)CCCC2=O. The molecule has 3 aromatic rings. The molecular weight excluding hydrogens is 312 g/mol. The highest BCUT2D eigenvalue weighted by atomic mass is 35.5. The van der Waals surface area contributed by atoms with Gasteiger partial charge in [0.2, 0.25) is 0 Å². The highest BCUT2D eigenvalue weighted by molar-refractivity contribution is 6.30. The molecule has 0 bridgehead atoms. The van der Waals surface area contributed by atoms with E-state index in [1.807, 2.05) is 28.9 Å². The third-order valence-corrected chi connectivity index (χ3v) is 4.49. The van der Waals surface area contributed by atoms with Crippen molar-refractivity contribution in [3.63, 3.8) is 0 Å². The van der Waals surface area contributed by atoms with Gasteiger partial charge in [-0.05, 0) is 30.5 Å². The highest BCUT2D eigenvalue weighted by Crippen LogP contribution is 2.31. The Morgan fingerprint density at radius 1 is 1.22 bits per heavy atom. The maximum Gasteiger partial charge on any atom is 0.166 e. The van der Waals surface area contributed by atoms with Gasteiger partial charge >= 0.3 is 0 Å². The number of carbonyl (C=O) groups excluding carboxylic acids is 1. The van der Waals surface area contributed by atoms with Gasteiger partial charge in [-0.1, -0.05) is 23.7 Å². The van der Waals surface area contributed by atoms with E-state index >= 15 is 0 Å². The van der Waals surface area contributed by atoms with Crippen LogP contribution in [0.4, 0.5) is 5.69 Å². The van der Waals surface area contributed by atoms with Gasteiger partial charge in [-0.15, -0.1) is 0 Å². The number of anilines is 1. The van der Waals surface area contributed by atoms with Crippen LogP contribution >= 0.6 is 11.6 Å². The first-order valence-corrected chi connectivity index (χ1v) is 7.93. The second-order valence-electron chi connectivity index (χ2n) is 5.79. The number of rotatable bonds is 2. The summed E-state index contributed by atoms with van der Waals surface area (Å²) in [6.07, 6.45) is 3.85. The standard InChI is InChI=1S/C17H15ClN4O/c18-11-6-4-10(5-7-11)9-22-17-12(8-20-22)16(19)15-13(21-17)2-1-3-14(15)23/h4-8H,1-3,9H2,(H2,19,21). The summed E-state index contributed by atoms with van der Waals surface area (Å²) in [5.41, 5.74) is 9.93. The molecule has 1 aliphatic rings. The van der Waals surface area contributed by atoms with Crippen molar-refractivity contribution in [2.75, 3.05) is 5.73 Å². The van der Waals surface area contributed by atoms with Crippen molar-refractivity contribution in [2.45, 2.75) is 25.8 Å². The predicted octanol–water partition coefficient (Wildman–Crippen LogP) is 3.23. The molecule has 0 unspecified atom stereocenters. The van der Waals surface area contributed by atoms with E-state index in [1.54, 1.807) is 6.20 Å². The van der Waals surface area contributed by atoms with Crippen LogP contribution in [0.1, 0.15) is 34.5 Å². The molecule has 0 saturated heterocycles. The first-order valence-electron chi connectivity index (χ1n) is 7.55. The van der Waals surface area contributed by atoms with Crippen LogP contribution in [0.5, 0.6) is 0 Å². The summed E-state index contributed by atoms with van der Waals surface area (Å²) in [6.45, 7) is 0.583. The Balaban J connectivity index is 1.82. The number of ketones is 1. The number of aryl methyl sites for hydroxylation is 1. The fourth-order valence-corrected chi connectivity index (χ4v) is 3.20. The summed E-state index contributed by atoms with van der Waals surface area (Å²) in [6, 6.07) is 7.62. The van der Waals surface area contributed by atoms with Crippen LogP contribution in [-0.4, -0.2) is 20.5 Å². The van der Waals surface area contributed by atoms with Gasteiger partial charge in [0, 0.05) is 11.4 Å². The number of nitrogens with zero attached hydrogens (tertiary/aromatic N) is 3. The smallest absolute Gasteiger partial charge is 0.166 e. The fourth-order valence-electron chi connectivity index (χ4n) is 3.07. The Bertz CT molecular complexity index is 914. The zero-order valence-corrected chi connectivity index (χ0v) is 13.2. The second kappa shape index (κ2) is 5.35. The lowest BCUT2D eigenvalue weighted by molar-refractivity contribution is 0.0972. The van der Waals surface area contributed by atoms with Crippen LogP contribution < -0.4 is 5.73 Å². The lowest BCUT2D eigenvalue weighted by atomic mass is 9.93. The number of halogens is 1. The first-order chi connectivity index (χ1) is 11.1. The predicted molar refractivity (Wildman–Crippen MR) is 89.8 cm³/mol. The van der Waals surface area contributed by atoms with E-state index in [1.165, 1.54) is 0 Å². The van der Waals surface area contributed by atoms with Crippen molar-refractivity contribution in [1.29, 1.82) is 0 Å². The summed E-state index contributed by atoms with van der Waals surface area (Å²) in [5, 5.41) is 5.85. The molecule has 2 N–H and O–H groups in total. The van der Waals surface area contributed by atoms with E-state index in [-0.39, 0.29) is 5.78 Å². The lowest BCUT2D eigenvalue weighted by Crippen LogP contribution is -2.16. The molecule has 0 amide bonds. The minimum absolute atomic E-state index is 0.0867. The van der Waals surface area contributed by atoms with Crippen LogP contribution in [0.25, 0.3) is 11.0 Å². The Labute approximate surface area is 138 Å². The van der Waals surface area contributed by atoms with Crippen molar-refractivity contribution in [1.82, 2.24) is 14.8 Å². The van der Waals surface area contributed by atoms with Gasteiger partial charge in [0.15, 0.2) is 11.4 Å². The Kier molecular flexibility index (Phi) is 3.31. The molecule has 1 aromatic carbocycles. The molecule has 0 spiro atoms. The molecular formula is C17H15ClN4O. The number of fused-ring (bicyclic) bond motifs is 2. The van der Waals surface area contributed by atoms with Gasteiger partial charge in [0.25, 0.3) is 0 Å². The van der Waals surface area contributed by atoms with Gasteiger partial charge in [-0.3, -0.25) is 4.79 Å². The largest absolute Gasteiger partial charge is 0.397 e. The molecule has 0 saturated carbocycles. The number of pyridine rings is 1. The minimum atomic E-state index is 0.0867. The Hall–Kier alpha value is -2.40. The molecule has 23 heavy (non-hydrogen) atoms. The first kappa shape index (κ1) is 14.2. The highest BCUT2D eigenvalue weighted by Gasteiger charge is 2.24. The number of hydrogen-bond donors (Lipinski definition) is 1. The van der Waals surface area contributed by atoms with Crippen LogP contribution in [0, 0.1) is 0 Å². The number of carbonyl (C=O) groups is 1.